The Labute approximate surface area is 158 Å². The quantitative estimate of drug-likeness (QED) is 0.559. The molecule has 0 fully saturated rings. The molecule has 1 heterocycles. The molecule has 0 radical (unpaired) electrons. The molecule has 27 heavy (non-hydrogen) atoms. The normalized spacial score (nSPS) is 11.1. The van der Waals surface area contributed by atoms with Crippen molar-refractivity contribution in [2.45, 2.75) is 26.3 Å². The lowest BCUT2D eigenvalue weighted by Gasteiger charge is -2.12. The summed E-state index contributed by atoms with van der Waals surface area (Å²) in [5.74, 6) is 1.08. The van der Waals surface area contributed by atoms with E-state index in [0.29, 0.717) is 19.4 Å². The van der Waals surface area contributed by atoms with Crippen LogP contribution in [0.5, 0.6) is 0 Å². The molecule has 4 rings (SSSR count). The fourth-order valence-electron chi connectivity index (χ4n) is 3.53. The molecular formula is C23H23N3O. The van der Waals surface area contributed by atoms with Crippen LogP contribution in [0.3, 0.4) is 0 Å². The smallest absolute Gasteiger partial charge is 0.219 e. The summed E-state index contributed by atoms with van der Waals surface area (Å²) in [5.41, 5.74) is 3.40. The first-order valence-electron chi connectivity index (χ1n) is 9.43. The Morgan fingerprint density at radius 2 is 1.78 bits per heavy atom. The van der Waals surface area contributed by atoms with Crippen molar-refractivity contribution in [2.24, 2.45) is 0 Å². The number of nitrogens with zero attached hydrogens (tertiary/aromatic N) is 2. The van der Waals surface area contributed by atoms with Crippen LogP contribution >= 0.6 is 0 Å². The van der Waals surface area contributed by atoms with Gasteiger partial charge in [-0.15, -0.1) is 0 Å². The minimum absolute atomic E-state index is 0.0757. The van der Waals surface area contributed by atoms with Gasteiger partial charge in [0.25, 0.3) is 0 Å². The van der Waals surface area contributed by atoms with E-state index in [0.717, 1.165) is 23.4 Å². The number of benzene rings is 3. The fraction of sp³-hybridized carbons (Fsp3) is 0.217. The van der Waals surface area contributed by atoms with Gasteiger partial charge in [0, 0.05) is 25.9 Å². The third-order valence-electron chi connectivity index (χ3n) is 4.93. The number of hydrogen-bond acceptors (Lipinski definition) is 2. The summed E-state index contributed by atoms with van der Waals surface area (Å²) >= 11 is 0. The van der Waals surface area contributed by atoms with Crippen LogP contribution in [0.15, 0.2) is 66.7 Å². The van der Waals surface area contributed by atoms with Gasteiger partial charge in [-0.1, -0.05) is 61.5 Å². The van der Waals surface area contributed by atoms with E-state index in [1.165, 1.54) is 16.3 Å². The Bertz CT molecular complexity index is 1090. The van der Waals surface area contributed by atoms with Crippen molar-refractivity contribution in [2.75, 3.05) is 6.54 Å². The van der Waals surface area contributed by atoms with Crippen LogP contribution in [0.1, 0.15) is 24.7 Å². The summed E-state index contributed by atoms with van der Waals surface area (Å²) in [7, 11) is 0. The SMILES string of the molecule is CCC(=O)NCCc1nc2ccccc2n1Cc1cccc2ccccc12. The van der Waals surface area contributed by atoms with Gasteiger partial charge in [0.15, 0.2) is 0 Å². The molecule has 3 aromatic carbocycles. The van der Waals surface area contributed by atoms with Crippen LogP contribution in [0.4, 0.5) is 0 Å². The predicted molar refractivity (Wildman–Crippen MR) is 110 cm³/mol. The maximum Gasteiger partial charge on any atom is 0.219 e. The van der Waals surface area contributed by atoms with E-state index >= 15 is 0 Å². The van der Waals surface area contributed by atoms with Crippen LogP contribution < -0.4 is 5.32 Å². The zero-order valence-electron chi connectivity index (χ0n) is 15.5. The van der Waals surface area contributed by atoms with Crippen LogP contribution in [0.25, 0.3) is 21.8 Å². The molecule has 0 aliphatic carbocycles. The molecule has 136 valence electrons. The summed E-state index contributed by atoms with van der Waals surface area (Å²) in [6.07, 6.45) is 1.22. The first kappa shape index (κ1) is 17.3. The van der Waals surface area contributed by atoms with E-state index in [1.807, 2.05) is 25.1 Å². The number of carbonyl (C=O) groups excluding carboxylic acids is 1. The Balaban J connectivity index is 1.71. The van der Waals surface area contributed by atoms with Crippen molar-refractivity contribution >= 4 is 27.7 Å². The maximum absolute atomic E-state index is 11.6. The van der Waals surface area contributed by atoms with Gasteiger partial charge >= 0.3 is 0 Å². The maximum atomic E-state index is 11.6. The lowest BCUT2D eigenvalue weighted by Crippen LogP contribution is -2.25. The number of aromatic nitrogens is 2. The van der Waals surface area contributed by atoms with E-state index in [9.17, 15) is 4.79 Å². The Morgan fingerprint density at radius 1 is 1.00 bits per heavy atom. The first-order chi connectivity index (χ1) is 13.3. The molecule has 0 bridgehead atoms. The molecule has 0 atom stereocenters. The zero-order valence-corrected chi connectivity index (χ0v) is 15.5. The van der Waals surface area contributed by atoms with E-state index < -0.39 is 0 Å². The van der Waals surface area contributed by atoms with Gasteiger partial charge in [-0.05, 0) is 28.5 Å². The number of nitrogens with one attached hydrogen (secondary N) is 1. The van der Waals surface area contributed by atoms with Gasteiger partial charge in [-0.3, -0.25) is 4.79 Å². The van der Waals surface area contributed by atoms with E-state index in [1.54, 1.807) is 0 Å². The number of hydrogen-bond donors (Lipinski definition) is 1. The average molecular weight is 357 g/mol. The molecule has 0 saturated carbocycles. The highest BCUT2D eigenvalue weighted by atomic mass is 16.1. The molecule has 0 spiro atoms. The van der Waals surface area contributed by atoms with Crippen molar-refractivity contribution in [1.82, 2.24) is 14.9 Å². The number of carbonyl (C=O) groups is 1. The molecule has 0 aliphatic rings. The largest absolute Gasteiger partial charge is 0.356 e. The molecule has 1 amide bonds. The summed E-state index contributed by atoms with van der Waals surface area (Å²) in [6, 6.07) is 23.1. The van der Waals surface area contributed by atoms with Gasteiger partial charge in [0.1, 0.15) is 5.82 Å². The van der Waals surface area contributed by atoms with E-state index in [-0.39, 0.29) is 5.91 Å². The lowest BCUT2D eigenvalue weighted by molar-refractivity contribution is -0.120. The summed E-state index contributed by atoms with van der Waals surface area (Å²) in [5, 5.41) is 5.47. The number of para-hydroxylation sites is 2. The highest BCUT2D eigenvalue weighted by Gasteiger charge is 2.12. The molecule has 4 nitrogen and oxygen atoms in total. The van der Waals surface area contributed by atoms with Crippen molar-refractivity contribution < 1.29 is 4.79 Å². The highest BCUT2D eigenvalue weighted by Crippen LogP contribution is 2.23. The Morgan fingerprint density at radius 3 is 2.67 bits per heavy atom. The molecule has 0 unspecified atom stereocenters. The molecule has 4 heteroatoms. The molecule has 0 saturated heterocycles. The van der Waals surface area contributed by atoms with Crippen molar-refractivity contribution in [1.29, 1.82) is 0 Å². The monoisotopic (exact) mass is 357 g/mol. The summed E-state index contributed by atoms with van der Waals surface area (Å²) < 4.78 is 2.27. The third-order valence-corrected chi connectivity index (χ3v) is 4.93. The standard InChI is InChI=1S/C23H23N3O/c1-2-23(27)24-15-14-22-25-20-12-5-6-13-21(20)26(22)16-18-10-7-9-17-8-3-4-11-19(17)18/h3-13H,2,14-16H2,1H3,(H,24,27). The molecule has 4 aromatic rings. The summed E-state index contributed by atoms with van der Waals surface area (Å²) in [6.45, 7) is 3.23. The highest BCUT2D eigenvalue weighted by molar-refractivity contribution is 5.86. The predicted octanol–water partition coefficient (Wildman–Crippen LogP) is 4.31. The number of fused-ring (bicyclic) bond motifs is 2. The van der Waals surface area contributed by atoms with Crippen molar-refractivity contribution in [3.63, 3.8) is 0 Å². The second-order valence-corrected chi connectivity index (χ2v) is 6.69. The second-order valence-electron chi connectivity index (χ2n) is 6.69. The van der Waals surface area contributed by atoms with Gasteiger partial charge in [0.05, 0.1) is 11.0 Å². The topological polar surface area (TPSA) is 46.9 Å². The number of amides is 1. The van der Waals surface area contributed by atoms with Crippen LogP contribution in [0.2, 0.25) is 0 Å². The Hall–Kier alpha value is -3.14. The molecule has 1 aromatic heterocycles. The van der Waals surface area contributed by atoms with Gasteiger partial charge in [-0.2, -0.15) is 0 Å². The van der Waals surface area contributed by atoms with Crippen molar-refractivity contribution in [3.05, 3.63) is 78.1 Å². The van der Waals surface area contributed by atoms with E-state index in [4.69, 9.17) is 4.98 Å². The number of rotatable bonds is 6. The fourth-order valence-corrected chi connectivity index (χ4v) is 3.53. The number of imidazole rings is 1. The third kappa shape index (κ3) is 3.56. The lowest BCUT2D eigenvalue weighted by atomic mass is 10.0. The van der Waals surface area contributed by atoms with Crippen LogP contribution in [0, 0.1) is 0 Å². The molecular weight excluding hydrogens is 334 g/mol. The average Bonchev–Trinajstić information content (AvgIpc) is 3.05. The second kappa shape index (κ2) is 7.62. The van der Waals surface area contributed by atoms with Gasteiger partial charge in [0.2, 0.25) is 5.91 Å². The Kier molecular flexibility index (Phi) is 4.88. The zero-order chi connectivity index (χ0) is 18.6. The molecule has 1 N–H and O–H groups in total. The van der Waals surface area contributed by atoms with Crippen LogP contribution in [-0.4, -0.2) is 22.0 Å². The molecule has 0 aliphatic heterocycles. The van der Waals surface area contributed by atoms with E-state index in [2.05, 4.69) is 58.4 Å². The van der Waals surface area contributed by atoms with Gasteiger partial charge < -0.3 is 9.88 Å². The minimum Gasteiger partial charge on any atom is -0.356 e. The first-order valence-corrected chi connectivity index (χ1v) is 9.43. The summed E-state index contributed by atoms with van der Waals surface area (Å²) in [4.78, 5) is 16.4. The minimum atomic E-state index is 0.0757. The van der Waals surface area contributed by atoms with Crippen molar-refractivity contribution in [3.8, 4) is 0 Å². The van der Waals surface area contributed by atoms with Crippen LogP contribution in [-0.2, 0) is 17.8 Å². The van der Waals surface area contributed by atoms with Gasteiger partial charge in [-0.25, -0.2) is 4.98 Å².